The van der Waals surface area contributed by atoms with Gasteiger partial charge in [0.15, 0.2) is 0 Å². The van der Waals surface area contributed by atoms with Gasteiger partial charge in [-0.2, -0.15) is 0 Å². The fraction of sp³-hybridized carbons (Fsp3) is 0.571. The van der Waals surface area contributed by atoms with Crippen LogP contribution in [0.5, 0.6) is 0 Å². The summed E-state index contributed by atoms with van der Waals surface area (Å²) in [6, 6.07) is 5.16. The van der Waals surface area contributed by atoms with E-state index in [0.29, 0.717) is 4.47 Å². The summed E-state index contributed by atoms with van der Waals surface area (Å²) in [6.45, 7) is 7.46. The molecule has 0 aromatic heterocycles. The second-order valence-corrected chi connectivity index (χ2v) is 5.92. The summed E-state index contributed by atoms with van der Waals surface area (Å²) in [5.74, 6) is -0.207. The number of nitrogens with one attached hydrogen (secondary N) is 1. The van der Waals surface area contributed by atoms with E-state index in [-0.39, 0.29) is 5.82 Å². The van der Waals surface area contributed by atoms with Crippen LogP contribution in [-0.2, 0) is 6.54 Å². The Kier molecular flexibility index (Phi) is 5.76. The molecule has 1 heterocycles. The second kappa shape index (κ2) is 7.33. The Morgan fingerprint density at radius 1 is 1.26 bits per heavy atom. The van der Waals surface area contributed by atoms with Crippen LogP contribution in [-0.4, -0.2) is 56.1 Å². The molecule has 0 spiro atoms. The molecule has 0 bridgehead atoms. The zero-order valence-electron chi connectivity index (χ0n) is 11.3. The van der Waals surface area contributed by atoms with Gasteiger partial charge in [-0.25, -0.2) is 4.39 Å². The van der Waals surface area contributed by atoms with Gasteiger partial charge in [-0.1, -0.05) is 6.07 Å². The lowest BCUT2D eigenvalue weighted by molar-refractivity contribution is 0.154. The average molecular weight is 330 g/mol. The third-order valence-electron chi connectivity index (χ3n) is 3.51. The van der Waals surface area contributed by atoms with Crippen LogP contribution in [0.1, 0.15) is 5.56 Å². The van der Waals surface area contributed by atoms with Crippen molar-refractivity contribution in [1.82, 2.24) is 15.1 Å². The van der Waals surface area contributed by atoms with Gasteiger partial charge >= 0.3 is 0 Å². The molecule has 2 rings (SSSR count). The summed E-state index contributed by atoms with van der Waals surface area (Å²) < 4.78 is 13.6. The van der Waals surface area contributed by atoms with Gasteiger partial charge < -0.3 is 10.2 Å². The molecule has 3 nitrogen and oxygen atoms in total. The van der Waals surface area contributed by atoms with E-state index in [9.17, 15) is 4.39 Å². The van der Waals surface area contributed by atoms with Gasteiger partial charge in [-0.15, -0.1) is 0 Å². The van der Waals surface area contributed by atoms with Gasteiger partial charge in [0.05, 0.1) is 4.47 Å². The molecular formula is C14H21BrFN3. The molecule has 1 fully saturated rings. The Hall–Kier alpha value is -0.490. The van der Waals surface area contributed by atoms with Crippen molar-refractivity contribution in [2.24, 2.45) is 0 Å². The summed E-state index contributed by atoms with van der Waals surface area (Å²) >= 11 is 3.21. The van der Waals surface area contributed by atoms with Gasteiger partial charge in [0, 0.05) is 45.8 Å². The van der Waals surface area contributed by atoms with Crippen molar-refractivity contribution in [2.75, 3.05) is 46.3 Å². The highest BCUT2D eigenvalue weighted by molar-refractivity contribution is 9.10. The van der Waals surface area contributed by atoms with Crippen LogP contribution in [0.3, 0.4) is 0 Å². The van der Waals surface area contributed by atoms with Gasteiger partial charge in [0.25, 0.3) is 0 Å². The van der Waals surface area contributed by atoms with E-state index < -0.39 is 0 Å². The van der Waals surface area contributed by atoms with E-state index in [2.05, 4.69) is 38.1 Å². The zero-order chi connectivity index (χ0) is 13.7. The summed E-state index contributed by atoms with van der Waals surface area (Å²) in [5, 5.41) is 3.41. The van der Waals surface area contributed by atoms with Crippen molar-refractivity contribution in [3.8, 4) is 0 Å². The van der Waals surface area contributed by atoms with Crippen molar-refractivity contribution in [1.29, 1.82) is 0 Å². The molecule has 5 heteroatoms. The lowest BCUT2D eigenvalue weighted by Crippen LogP contribution is -2.46. The minimum absolute atomic E-state index is 0.207. The largest absolute Gasteiger partial charge is 0.311 e. The SMILES string of the molecule is CN1CCN(CCNCc2ccc(F)c(Br)c2)CC1. The first kappa shape index (κ1) is 14.9. The lowest BCUT2D eigenvalue weighted by Gasteiger charge is -2.32. The molecule has 0 aliphatic carbocycles. The van der Waals surface area contributed by atoms with E-state index in [1.165, 1.54) is 6.07 Å². The molecule has 106 valence electrons. The van der Waals surface area contributed by atoms with E-state index >= 15 is 0 Å². The first-order valence-corrected chi connectivity index (χ1v) is 7.50. The fourth-order valence-corrected chi connectivity index (χ4v) is 2.62. The van der Waals surface area contributed by atoms with Crippen LogP contribution in [0.15, 0.2) is 22.7 Å². The number of halogens is 2. The molecule has 0 radical (unpaired) electrons. The Morgan fingerprint density at radius 3 is 2.68 bits per heavy atom. The molecule has 19 heavy (non-hydrogen) atoms. The van der Waals surface area contributed by atoms with Gasteiger partial charge in [0.2, 0.25) is 0 Å². The van der Waals surface area contributed by atoms with Crippen LogP contribution in [0, 0.1) is 5.82 Å². The van der Waals surface area contributed by atoms with Crippen molar-refractivity contribution in [3.05, 3.63) is 34.1 Å². The molecular weight excluding hydrogens is 309 g/mol. The maximum Gasteiger partial charge on any atom is 0.137 e. The predicted octanol–water partition coefficient (Wildman–Crippen LogP) is 1.93. The lowest BCUT2D eigenvalue weighted by atomic mass is 10.2. The fourth-order valence-electron chi connectivity index (χ4n) is 2.19. The van der Waals surface area contributed by atoms with Gasteiger partial charge in [0.1, 0.15) is 5.82 Å². The number of benzene rings is 1. The minimum Gasteiger partial charge on any atom is -0.311 e. The maximum atomic E-state index is 13.1. The van der Waals surface area contributed by atoms with Crippen LogP contribution in [0.2, 0.25) is 0 Å². The minimum atomic E-state index is -0.207. The summed E-state index contributed by atoms with van der Waals surface area (Å²) in [4.78, 5) is 4.84. The van der Waals surface area contributed by atoms with Crippen molar-refractivity contribution in [3.63, 3.8) is 0 Å². The highest BCUT2D eigenvalue weighted by atomic mass is 79.9. The quantitative estimate of drug-likeness (QED) is 0.833. The Labute approximate surface area is 122 Å². The van der Waals surface area contributed by atoms with E-state index in [1.54, 1.807) is 0 Å². The molecule has 0 amide bonds. The molecule has 1 saturated heterocycles. The number of rotatable bonds is 5. The number of hydrogen-bond donors (Lipinski definition) is 1. The average Bonchev–Trinajstić information content (AvgIpc) is 2.41. The second-order valence-electron chi connectivity index (χ2n) is 5.07. The van der Waals surface area contributed by atoms with E-state index in [0.717, 1.165) is 51.4 Å². The third kappa shape index (κ3) is 4.84. The highest BCUT2D eigenvalue weighted by Gasteiger charge is 2.12. The summed E-state index contributed by atoms with van der Waals surface area (Å²) in [6.07, 6.45) is 0. The molecule has 1 aliphatic rings. The number of nitrogens with zero attached hydrogens (tertiary/aromatic N) is 2. The standard InChI is InChI=1S/C14H21BrFN3/c1-18-6-8-19(9-7-18)5-4-17-11-12-2-3-14(16)13(15)10-12/h2-3,10,17H,4-9,11H2,1H3. The number of likely N-dealkylation sites (N-methyl/N-ethyl adjacent to an activating group) is 1. The topological polar surface area (TPSA) is 18.5 Å². The predicted molar refractivity (Wildman–Crippen MR) is 79.7 cm³/mol. The number of piperazine rings is 1. The van der Waals surface area contributed by atoms with Gasteiger partial charge in [-0.3, -0.25) is 4.90 Å². The maximum absolute atomic E-state index is 13.1. The highest BCUT2D eigenvalue weighted by Crippen LogP contribution is 2.16. The Bertz CT molecular complexity index is 406. The van der Waals surface area contributed by atoms with Crippen molar-refractivity contribution < 1.29 is 4.39 Å². The van der Waals surface area contributed by atoms with Crippen LogP contribution in [0.4, 0.5) is 4.39 Å². The van der Waals surface area contributed by atoms with Crippen molar-refractivity contribution in [2.45, 2.75) is 6.54 Å². The molecule has 1 aromatic rings. The van der Waals surface area contributed by atoms with Gasteiger partial charge in [-0.05, 0) is 40.7 Å². The van der Waals surface area contributed by atoms with Crippen LogP contribution < -0.4 is 5.32 Å². The van der Waals surface area contributed by atoms with E-state index in [4.69, 9.17) is 0 Å². The molecule has 0 atom stereocenters. The smallest absolute Gasteiger partial charge is 0.137 e. The summed E-state index contributed by atoms with van der Waals surface area (Å²) in [7, 11) is 2.17. The monoisotopic (exact) mass is 329 g/mol. The summed E-state index contributed by atoms with van der Waals surface area (Å²) in [5.41, 5.74) is 1.10. The Balaban J connectivity index is 1.65. The first-order valence-electron chi connectivity index (χ1n) is 6.71. The third-order valence-corrected chi connectivity index (χ3v) is 4.12. The molecule has 1 N–H and O–H groups in total. The normalized spacial score (nSPS) is 17.8. The van der Waals surface area contributed by atoms with Crippen LogP contribution >= 0.6 is 15.9 Å². The first-order chi connectivity index (χ1) is 9.15. The molecule has 0 unspecified atom stereocenters. The van der Waals surface area contributed by atoms with Crippen LogP contribution in [0.25, 0.3) is 0 Å². The zero-order valence-corrected chi connectivity index (χ0v) is 12.9. The Morgan fingerprint density at radius 2 is 2.00 bits per heavy atom. The number of hydrogen-bond acceptors (Lipinski definition) is 3. The van der Waals surface area contributed by atoms with Crippen molar-refractivity contribution >= 4 is 15.9 Å². The van der Waals surface area contributed by atoms with E-state index in [1.807, 2.05) is 12.1 Å². The molecule has 0 saturated carbocycles. The molecule has 1 aliphatic heterocycles. The molecule has 1 aromatic carbocycles.